The lowest BCUT2D eigenvalue weighted by Gasteiger charge is -2.13. The fourth-order valence-corrected chi connectivity index (χ4v) is 2.40. The molecule has 2 aromatic rings. The third-order valence-corrected chi connectivity index (χ3v) is 3.87. The van der Waals surface area contributed by atoms with Crippen molar-refractivity contribution in [3.8, 4) is 0 Å². The second kappa shape index (κ2) is 8.33. The number of halogens is 1. The summed E-state index contributed by atoms with van der Waals surface area (Å²) in [5.74, 6) is -1.18. The second-order valence-corrected chi connectivity index (χ2v) is 5.78. The number of hydrogen-bond donors (Lipinski definition) is 1. The molecule has 0 saturated heterocycles. The SMILES string of the molecule is CC(OC(=O)CSc1ccc(F)cc1)C(=O)Nc1ccccc1. The maximum Gasteiger partial charge on any atom is 0.317 e. The van der Waals surface area contributed by atoms with E-state index in [1.165, 1.54) is 30.8 Å². The summed E-state index contributed by atoms with van der Waals surface area (Å²) in [4.78, 5) is 24.4. The van der Waals surface area contributed by atoms with E-state index < -0.39 is 18.0 Å². The molecule has 0 radical (unpaired) electrons. The highest BCUT2D eigenvalue weighted by Crippen LogP contribution is 2.18. The van der Waals surface area contributed by atoms with Crippen LogP contribution in [0.1, 0.15) is 6.92 Å². The molecule has 1 amide bonds. The molecule has 0 aliphatic heterocycles. The summed E-state index contributed by atoms with van der Waals surface area (Å²) in [6.07, 6.45) is -0.892. The van der Waals surface area contributed by atoms with Crippen LogP contribution in [-0.2, 0) is 14.3 Å². The molecule has 0 fully saturated rings. The lowest BCUT2D eigenvalue weighted by Crippen LogP contribution is -2.30. The molecule has 0 aromatic heterocycles. The Bertz CT molecular complexity index is 661. The molecule has 0 aliphatic carbocycles. The number of amides is 1. The van der Waals surface area contributed by atoms with Gasteiger partial charge in [0.05, 0.1) is 5.75 Å². The highest BCUT2D eigenvalue weighted by molar-refractivity contribution is 8.00. The van der Waals surface area contributed by atoms with Gasteiger partial charge in [0.15, 0.2) is 6.10 Å². The molecule has 6 heteroatoms. The molecule has 1 atom stereocenters. The molecule has 2 rings (SSSR count). The summed E-state index contributed by atoms with van der Waals surface area (Å²) in [7, 11) is 0. The van der Waals surface area contributed by atoms with Crippen LogP contribution in [0.5, 0.6) is 0 Å². The van der Waals surface area contributed by atoms with Crippen LogP contribution in [0, 0.1) is 5.82 Å². The van der Waals surface area contributed by atoms with E-state index in [2.05, 4.69) is 5.32 Å². The zero-order valence-electron chi connectivity index (χ0n) is 12.5. The molecule has 0 spiro atoms. The molecule has 4 nitrogen and oxygen atoms in total. The highest BCUT2D eigenvalue weighted by Gasteiger charge is 2.17. The van der Waals surface area contributed by atoms with Crippen LogP contribution in [0.15, 0.2) is 59.5 Å². The number of benzene rings is 2. The van der Waals surface area contributed by atoms with Gasteiger partial charge < -0.3 is 10.1 Å². The van der Waals surface area contributed by atoms with Gasteiger partial charge in [-0.15, -0.1) is 11.8 Å². The number of nitrogens with one attached hydrogen (secondary N) is 1. The fourth-order valence-electron chi connectivity index (χ4n) is 1.72. The average Bonchev–Trinajstić information content (AvgIpc) is 2.55. The van der Waals surface area contributed by atoms with Gasteiger partial charge in [-0.25, -0.2) is 4.39 Å². The van der Waals surface area contributed by atoms with E-state index in [0.717, 1.165) is 4.90 Å². The monoisotopic (exact) mass is 333 g/mol. The van der Waals surface area contributed by atoms with Crippen LogP contribution in [0.2, 0.25) is 0 Å². The molecule has 0 saturated carbocycles. The van der Waals surface area contributed by atoms with Gasteiger partial charge in [-0.1, -0.05) is 18.2 Å². The average molecular weight is 333 g/mol. The van der Waals surface area contributed by atoms with Crippen molar-refractivity contribution in [3.63, 3.8) is 0 Å². The lowest BCUT2D eigenvalue weighted by molar-refractivity contribution is -0.150. The molecule has 120 valence electrons. The molecule has 0 heterocycles. The number of hydrogen-bond acceptors (Lipinski definition) is 4. The molecule has 23 heavy (non-hydrogen) atoms. The largest absolute Gasteiger partial charge is 0.452 e. The second-order valence-electron chi connectivity index (χ2n) is 4.73. The predicted molar refractivity (Wildman–Crippen MR) is 87.7 cm³/mol. The quantitative estimate of drug-likeness (QED) is 0.649. The Kier molecular flexibility index (Phi) is 6.17. The minimum atomic E-state index is -0.892. The summed E-state index contributed by atoms with van der Waals surface area (Å²) in [5.41, 5.74) is 0.640. The molecule has 1 unspecified atom stereocenters. The van der Waals surface area contributed by atoms with Gasteiger partial charge in [-0.3, -0.25) is 9.59 Å². The number of ether oxygens (including phenoxy) is 1. The first-order chi connectivity index (χ1) is 11.0. The van der Waals surface area contributed by atoms with E-state index in [-0.39, 0.29) is 11.6 Å². The van der Waals surface area contributed by atoms with Crippen LogP contribution in [0.4, 0.5) is 10.1 Å². The van der Waals surface area contributed by atoms with E-state index in [1.807, 2.05) is 6.07 Å². The Hall–Kier alpha value is -2.34. The number of carbonyl (C=O) groups excluding carboxylic acids is 2. The van der Waals surface area contributed by atoms with Crippen molar-refractivity contribution in [2.45, 2.75) is 17.9 Å². The standard InChI is InChI=1S/C17H16FNO3S/c1-12(17(21)19-14-5-3-2-4-6-14)22-16(20)11-23-15-9-7-13(18)8-10-15/h2-10,12H,11H2,1H3,(H,19,21). The zero-order chi connectivity index (χ0) is 16.7. The zero-order valence-corrected chi connectivity index (χ0v) is 13.3. The van der Waals surface area contributed by atoms with E-state index in [0.29, 0.717) is 5.69 Å². The smallest absolute Gasteiger partial charge is 0.317 e. The first-order valence-electron chi connectivity index (χ1n) is 6.98. The number of para-hydroxylation sites is 1. The highest BCUT2D eigenvalue weighted by atomic mass is 32.2. The van der Waals surface area contributed by atoms with Crippen molar-refractivity contribution in [1.82, 2.24) is 0 Å². The first kappa shape index (κ1) is 17.0. The van der Waals surface area contributed by atoms with Crippen LogP contribution in [-0.4, -0.2) is 23.7 Å². The topological polar surface area (TPSA) is 55.4 Å². The number of carbonyl (C=O) groups is 2. The molecule has 0 bridgehead atoms. The van der Waals surface area contributed by atoms with Crippen molar-refractivity contribution in [1.29, 1.82) is 0 Å². The number of rotatable bonds is 6. The van der Waals surface area contributed by atoms with Crippen LogP contribution in [0.25, 0.3) is 0 Å². The van der Waals surface area contributed by atoms with Gasteiger partial charge in [0, 0.05) is 10.6 Å². The summed E-state index contributed by atoms with van der Waals surface area (Å²) < 4.78 is 17.9. The number of thioether (sulfide) groups is 1. The van der Waals surface area contributed by atoms with E-state index in [9.17, 15) is 14.0 Å². The Balaban J connectivity index is 1.77. The van der Waals surface area contributed by atoms with Gasteiger partial charge in [-0.2, -0.15) is 0 Å². The van der Waals surface area contributed by atoms with Crippen molar-refractivity contribution in [2.75, 3.05) is 11.1 Å². The molecular weight excluding hydrogens is 317 g/mol. The van der Waals surface area contributed by atoms with Gasteiger partial charge in [0.25, 0.3) is 5.91 Å². The van der Waals surface area contributed by atoms with Crippen LogP contribution >= 0.6 is 11.8 Å². The Labute approximate surface area is 138 Å². The van der Waals surface area contributed by atoms with Crippen molar-refractivity contribution < 1.29 is 18.7 Å². The van der Waals surface area contributed by atoms with Crippen molar-refractivity contribution in [2.24, 2.45) is 0 Å². The summed E-state index contributed by atoms with van der Waals surface area (Å²) >= 11 is 1.22. The lowest BCUT2D eigenvalue weighted by atomic mass is 10.3. The van der Waals surface area contributed by atoms with E-state index in [4.69, 9.17) is 4.74 Å². The van der Waals surface area contributed by atoms with Crippen LogP contribution < -0.4 is 5.32 Å². The van der Waals surface area contributed by atoms with Gasteiger partial charge in [-0.05, 0) is 43.3 Å². The molecule has 0 aliphatic rings. The minimum Gasteiger partial charge on any atom is -0.452 e. The van der Waals surface area contributed by atoms with Crippen molar-refractivity contribution in [3.05, 3.63) is 60.4 Å². The number of esters is 1. The third kappa shape index (κ3) is 5.75. The summed E-state index contributed by atoms with van der Waals surface area (Å²) in [6.45, 7) is 1.51. The van der Waals surface area contributed by atoms with E-state index >= 15 is 0 Å². The normalized spacial score (nSPS) is 11.6. The maximum atomic E-state index is 12.8. The summed E-state index contributed by atoms with van der Waals surface area (Å²) in [6, 6.07) is 14.7. The molecule has 2 aromatic carbocycles. The molecular formula is C17H16FNO3S. The minimum absolute atomic E-state index is 0.0502. The summed E-state index contributed by atoms with van der Waals surface area (Å²) in [5, 5.41) is 2.66. The van der Waals surface area contributed by atoms with Gasteiger partial charge in [0.1, 0.15) is 5.82 Å². The fraction of sp³-hybridized carbons (Fsp3) is 0.176. The van der Waals surface area contributed by atoms with Crippen LogP contribution in [0.3, 0.4) is 0 Å². The number of anilines is 1. The predicted octanol–water partition coefficient (Wildman–Crippen LogP) is 3.49. The first-order valence-corrected chi connectivity index (χ1v) is 7.97. The molecule has 1 N–H and O–H groups in total. The maximum absolute atomic E-state index is 12.8. The van der Waals surface area contributed by atoms with Gasteiger partial charge >= 0.3 is 5.97 Å². The Morgan fingerprint density at radius 2 is 1.78 bits per heavy atom. The van der Waals surface area contributed by atoms with E-state index in [1.54, 1.807) is 36.4 Å². The van der Waals surface area contributed by atoms with Crippen molar-refractivity contribution >= 4 is 29.3 Å². The Morgan fingerprint density at radius 3 is 2.43 bits per heavy atom. The third-order valence-electron chi connectivity index (χ3n) is 2.89. The van der Waals surface area contributed by atoms with Gasteiger partial charge in [0.2, 0.25) is 0 Å². The Morgan fingerprint density at radius 1 is 1.13 bits per heavy atom.